The van der Waals surface area contributed by atoms with Crippen LogP contribution >= 0.6 is 23.6 Å². The first kappa shape index (κ1) is 17.9. The van der Waals surface area contributed by atoms with Crippen molar-refractivity contribution >= 4 is 34.4 Å². The molecule has 0 aliphatic heterocycles. The lowest BCUT2D eigenvalue weighted by Crippen LogP contribution is -2.38. The van der Waals surface area contributed by atoms with Crippen LogP contribution in [0.3, 0.4) is 0 Å². The highest BCUT2D eigenvalue weighted by atomic mass is 32.1. The average Bonchev–Trinajstić information content (AvgIpc) is 3.05. The number of likely N-dealkylation sites (N-methyl/N-ethyl adjacent to an activating group) is 1. The van der Waals surface area contributed by atoms with Gasteiger partial charge in [-0.05, 0) is 61.9 Å². The van der Waals surface area contributed by atoms with Crippen molar-refractivity contribution in [1.82, 2.24) is 9.80 Å². The minimum atomic E-state index is 0.782. The van der Waals surface area contributed by atoms with Crippen molar-refractivity contribution in [3.8, 4) is 0 Å². The number of thiocarbonyl (C=S) groups is 1. The Balaban J connectivity index is 2.01. The quantitative estimate of drug-likeness (QED) is 0.761. The molecule has 1 aromatic carbocycles. The molecule has 0 aliphatic carbocycles. The van der Waals surface area contributed by atoms with E-state index in [1.165, 1.54) is 10.4 Å². The third kappa shape index (κ3) is 5.94. The second kappa shape index (κ2) is 9.01. The second-order valence-electron chi connectivity index (χ2n) is 5.78. The highest BCUT2D eigenvalue weighted by Crippen LogP contribution is 2.15. The Morgan fingerprint density at radius 1 is 1.13 bits per heavy atom. The van der Waals surface area contributed by atoms with Crippen LogP contribution < -0.4 is 5.32 Å². The lowest BCUT2D eigenvalue weighted by molar-refractivity contribution is 0.329. The predicted octanol–water partition coefficient (Wildman–Crippen LogP) is 4.07. The van der Waals surface area contributed by atoms with Crippen molar-refractivity contribution in [3.63, 3.8) is 0 Å². The Kier molecular flexibility index (Phi) is 7.02. The fourth-order valence-corrected chi connectivity index (χ4v) is 3.18. The van der Waals surface area contributed by atoms with Gasteiger partial charge in [-0.3, -0.25) is 0 Å². The summed E-state index contributed by atoms with van der Waals surface area (Å²) in [5.41, 5.74) is 2.39. The summed E-state index contributed by atoms with van der Waals surface area (Å²) in [6.45, 7) is 4.90. The normalized spacial score (nSPS) is 10.8. The number of anilines is 1. The van der Waals surface area contributed by atoms with E-state index in [1.807, 2.05) is 0 Å². The first-order valence-corrected chi connectivity index (χ1v) is 9.19. The summed E-state index contributed by atoms with van der Waals surface area (Å²) in [4.78, 5) is 5.74. The molecule has 0 radical (unpaired) electrons. The summed E-state index contributed by atoms with van der Waals surface area (Å²) >= 11 is 7.42. The Hall–Kier alpha value is -1.43. The van der Waals surface area contributed by atoms with Gasteiger partial charge in [0.05, 0.1) is 6.54 Å². The number of aryl methyl sites for hydroxylation is 1. The highest BCUT2D eigenvalue weighted by molar-refractivity contribution is 7.80. The third-order valence-electron chi connectivity index (χ3n) is 3.64. The molecule has 2 aromatic rings. The molecule has 0 saturated heterocycles. The van der Waals surface area contributed by atoms with E-state index in [2.05, 4.69) is 77.9 Å². The molecule has 1 aromatic heterocycles. The second-order valence-corrected chi connectivity index (χ2v) is 7.20. The molecule has 124 valence electrons. The van der Waals surface area contributed by atoms with Gasteiger partial charge in [0.2, 0.25) is 0 Å². The summed E-state index contributed by atoms with van der Waals surface area (Å²) in [7, 11) is 4.17. The van der Waals surface area contributed by atoms with Crippen molar-refractivity contribution in [2.24, 2.45) is 0 Å². The molecule has 0 saturated carbocycles. The average molecular weight is 348 g/mol. The Morgan fingerprint density at radius 2 is 1.87 bits per heavy atom. The van der Waals surface area contributed by atoms with Crippen LogP contribution in [0, 0.1) is 0 Å². The molecule has 23 heavy (non-hydrogen) atoms. The van der Waals surface area contributed by atoms with Crippen LogP contribution in [0.1, 0.15) is 17.4 Å². The largest absolute Gasteiger partial charge is 0.343 e. The summed E-state index contributed by atoms with van der Waals surface area (Å²) in [5.74, 6) is 0. The van der Waals surface area contributed by atoms with E-state index in [9.17, 15) is 0 Å². The van der Waals surface area contributed by atoms with Crippen LogP contribution in [-0.4, -0.2) is 42.1 Å². The van der Waals surface area contributed by atoms with E-state index in [0.717, 1.165) is 36.9 Å². The number of nitrogens with one attached hydrogen (secondary N) is 1. The molecule has 0 spiro atoms. The van der Waals surface area contributed by atoms with E-state index in [4.69, 9.17) is 12.2 Å². The smallest absolute Gasteiger partial charge is 0.173 e. The van der Waals surface area contributed by atoms with Gasteiger partial charge in [-0.25, -0.2) is 0 Å². The van der Waals surface area contributed by atoms with Crippen molar-refractivity contribution in [2.45, 2.75) is 19.9 Å². The fourth-order valence-electron chi connectivity index (χ4n) is 2.19. The molecule has 5 heteroatoms. The maximum absolute atomic E-state index is 5.64. The van der Waals surface area contributed by atoms with Crippen molar-refractivity contribution < 1.29 is 0 Å². The molecular weight excluding hydrogens is 322 g/mol. The summed E-state index contributed by atoms with van der Waals surface area (Å²) in [5, 5.41) is 6.27. The maximum Gasteiger partial charge on any atom is 0.173 e. The van der Waals surface area contributed by atoms with E-state index in [-0.39, 0.29) is 0 Å². The number of rotatable bonds is 7. The molecular formula is C18H25N3S2. The third-order valence-corrected chi connectivity index (χ3v) is 4.87. The zero-order chi connectivity index (χ0) is 16.7. The predicted molar refractivity (Wildman–Crippen MR) is 105 cm³/mol. The van der Waals surface area contributed by atoms with Gasteiger partial charge in [-0.2, -0.15) is 0 Å². The number of hydrogen-bond donors (Lipinski definition) is 1. The lowest BCUT2D eigenvalue weighted by Gasteiger charge is -2.27. The van der Waals surface area contributed by atoms with E-state index >= 15 is 0 Å². The molecule has 0 aliphatic rings. The standard InChI is InChI=1S/C18H25N3S2/c1-4-15-7-9-16(10-8-15)19-18(22)21(12-11-20(2)3)14-17-6-5-13-23-17/h5-10,13H,4,11-12,14H2,1-3H3,(H,19,22). The number of nitrogens with zero attached hydrogens (tertiary/aromatic N) is 2. The van der Waals surface area contributed by atoms with Crippen molar-refractivity contribution in [2.75, 3.05) is 32.5 Å². The van der Waals surface area contributed by atoms with Crippen LogP contribution in [0.4, 0.5) is 5.69 Å². The van der Waals surface area contributed by atoms with E-state index in [1.54, 1.807) is 11.3 Å². The van der Waals surface area contributed by atoms with Gasteiger partial charge in [0, 0.05) is 23.7 Å². The Bertz CT molecular complexity index is 591. The van der Waals surface area contributed by atoms with Gasteiger partial charge in [0.15, 0.2) is 5.11 Å². The first-order valence-electron chi connectivity index (χ1n) is 7.90. The molecule has 0 fully saturated rings. The first-order chi connectivity index (χ1) is 11.1. The maximum atomic E-state index is 5.64. The molecule has 0 atom stereocenters. The zero-order valence-electron chi connectivity index (χ0n) is 14.1. The van der Waals surface area contributed by atoms with Crippen LogP contribution in [-0.2, 0) is 13.0 Å². The fraction of sp³-hybridized carbons (Fsp3) is 0.389. The monoisotopic (exact) mass is 347 g/mol. The van der Waals surface area contributed by atoms with Crippen molar-refractivity contribution in [1.29, 1.82) is 0 Å². The van der Waals surface area contributed by atoms with Crippen LogP contribution in [0.25, 0.3) is 0 Å². The van der Waals surface area contributed by atoms with E-state index < -0.39 is 0 Å². The highest BCUT2D eigenvalue weighted by Gasteiger charge is 2.11. The van der Waals surface area contributed by atoms with E-state index in [0.29, 0.717) is 0 Å². The van der Waals surface area contributed by atoms with Gasteiger partial charge in [0.1, 0.15) is 0 Å². The molecule has 1 heterocycles. The number of thiophene rings is 1. The van der Waals surface area contributed by atoms with Crippen LogP contribution in [0.2, 0.25) is 0 Å². The Labute approximate surface area is 148 Å². The van der Waals surface area contributed by atoms with Gasteiger partial charge in [0.25, 0.3) is 0 Å². The van der Waals surface area contributed by atoms with Crippen molar-refractivity contribution in [3.05, 3.63) is 52.2 Å². The molecule has 0 unspecified atom stereocenters. The number of benzene rings is 1. The molecule has 3 nitrogen and oxygen atoms in total. The van der Waals surface area contributed by atoms with Gasteiger partial charge in [-0.1, -0.05) is 25.1 Å². The SMILES string of the molecule is CCc1ccc(NC(=S)N(CCN(C)C)Cc2cccs2)cc1. The zero-order valence-corrected chi connectivity index (χ0v) is 15.7. The molecule has 0 amide bonds. The molecule has 0 bridgehead atoms. The summed E-state index contributed by atoms with van der Waals surface area (Å²) in [6, 6.07) is 12.7. The lowest BCUT2D eigenvalue weighted by atomic mass is 10.1. The van der Waals surface area contributed by atoms with Gasteiger partial charge < -0.3 is 15.1 Å². The summed E-state index contributed by atoms with van der Waals surface area (Å²) < 4.78 is 0. The minimum Gasteiger partial charge on any atom is -0.343 e. The van der Waals surface area contributed by atoms with Crippen LogP contribution in [0.15, 0.2) is 41.8 Å². The Morgan fingerprint density at radius 3 is 2.43 bits per heavy atom. The number of hydrogen-bond acceptors (Lipinski definition) is 3. The van der Waals surface area contributed by atoms with Gasteiger partial charge >= 0.3 is 0 Å². The van der Waals surface area contributed by atoms with Crippen LogP contribution in [0.5, 0.6) is 0 Å². The van der Waals surface area contributed by atoms with Gasteiger partial charge in [-0.15, -0.1) is 11.3 Å². The summed E-state index contributed by atoms with van der Waals surface area (Å²) in [6.07, 6.45) is 1.05. The topological polar surface area (TPSA) is 18.5 Å². The molecule has 1 N–H and O–H groups in total. The molecule has 2 rings (SSSR count). The minimum absolute atomic E-state index is 0.782.